The van der Waals surface area contributed by atoms with Crippen LogP contribution in [0.5, 0.6) is 5.75 Å². The van der Waals surface area contributed by atoms with Gasteiger partial charge in [0, 0.05) is 0 Å². The van der Waals surface area contributed by atoms with Crippen molar-refractivity contribution >= 4 is 24.5 Å². The molecule has 1 heterocycles. The molecule has 2 aromatic carbocycles. The lowest BCUT2D eigenvalue weighted by molar-refractivity contribution is -0.137. The number of phenolic OH excluding ortho intramolecular Hbond substituents is 1. The molecule has 0 aliphatic carbocycles. The Morgan fingerprint density at radius 1 is 1.26 bits per heavy atom. The van der Waals surface area contributed by atoms with Gasteiger partial charge < -0.3 is 15.1 Å². The lowest BCUT2D eigenvalue weighted by Crippen LogP contribution is -2.20. The topological polar surface area (TPSA) is 58.6 Å². The van der Waals surface area contributed by atoms with Gasteiger partial charge in [-0.25, -0.2) is 0 Å². The van der Waals surface area contributed by atoms with Crippen LogP contribution in [0.4, 0.5) is 18.9 Å². The van der Waals surface area contributed by atoms with E-state index in [0.717, 1.165) is 17.7 Å². The van der Waals surface area contributed by atoms with Crippen LogP contribution >= 0.6 is 0 Å². The predicted octanol–water partition coefficient (Wildman–Crippen LogP) is 2.44. The van der Waals surface area contributed by atoms with Crippen molar-refractivity contribution in [2.45, 2.75) is 12.8 Å². The minimum atomic E-state index is -4.64. The summed E-state index contributed by atoms with van der Waals surface area (Å²) in [5.41, 5.74) is -0.140. The normalized spacial score (nSPS) is 13.3. The van der Waals surface area contributed by atoms with E-state index in [1.165, 1.54) is 31.7 Å². The quantitative estimate of drug-likeness (QED) is 0.660. The minimum absolute atomic E-state index is 0.0208. The largest absolute Gasteiger partial charge is 0.506 e. The lowest BCUT2D eigenvalue weighted by atomic mass is 9.87. The first-order valence-corrected chi connectivity index (χ1v) is 6.64. The molecule has 0 fully saturated rings. The molecule has 0 unspecified atom stereocenters. The molecule has 0 bridgehead atoms. The molecule has 0 saturated carbocycles. The first-order valence-electron chi connectivity index (χ1n) is 6.64. The summed E-state index contributed by atoms with van der Waals surface area (Å²) in [6.45, 7) is 0.300. The summed E-state index contributed by atoms with van der Waals surface area (Å²) in [5.74, 6) is -1.19. The Balaban J connectivity index is 1.92. The zero-order valence-corrected chi connectivity index (χ0v) is 11.6. The van der Waals surface area contributed by atoms with Crippen molar-refractivity contribution in [1.29, 1.82) is 0 Å². The number of hydrogen-bond donors (Lipinski definition) is 2. The highest BCUT2D eigenvalue weighted by Gasteiger charge is 2.35. The Morgan fingerprint density at radius 3 is 2.74 bits per heavy atom. The van der Waals surface area contributed by atoms with Gasteiger partial charge in [-0.2, -0.15) is 13.2 Å². The van der Waals surface area contributed by atoms with Crippen LogP contribution in [0, 0.1) is 0 Å². The van der Waals surface area contributed by atoms with Crippen LogP contribution in [0.15, 0.2) is 36.4 Å². The van der Waals surface area contributed by atoms with Crippen LogP contribution in [0.3, 0.4) is 0 Å². The molecule has 8 heteroatoms. The summed E-state index contributed by atoms with van der Waals surface area (Å²) in [5, 5.41) is 12.2. The number of benzene rings is 2. The molecule has 2 N–H and O–H groups in total. The fourth-order valence-corrected chi connectivity index (χ4v) is 2.32. The van der Waals surface area contributed by atoms with E-state index in [1.54, 1.807) is 0 Å². The van der Waals surface area contributed by atoms with Crippen LogP contribution in [0.1, 0.15) is 21.5 Å². The Kier molecular flexibility index (Phi) is 3.77. The fraction of sp³-hybridized carbons (Fsp3) is 0.133. The molecule has 1 radical (unpaired) electrons. The monoisotopic (exact) mass is 320 g/mol. The molecule has 1 aliphatic rings. The molecule has 3 rings (SSSR count). The highest BCUT2D eigenvalue weighted by molar-refractivity contribution is 6.49. The highest BCUT2D eigenvalue weighted by atomic mass is 19.4. The van der Waals surface area contributed by atoms with Crippen molar-refractivity contribution in [1.82, 2.24) is 0 Å². The van der Waals surface area contributed by atoms with Gasteiger partial charge in [0.15, 0.2) is 0 Å². The van der Waals surface area contributed by atoms with Gasteiger partial charge in [-0.3, -0.25) is 4.79 Å². The number of carbonyl (C=O) groups is 1. The van der Waals surface area contributed by atoms with E-state index < -0.39 is 23.2 Å². The summed E-state index contributed by atoms with van der Waals surface area (Å²) in [4.78, 5) is 12.2. The van der Waals surface area contributed by atoms with Gasteiger partial charge in [0.1, 0.15) is 5.75 Å². The van der Waals surface area contributed by atoms with Gasteiger partial charge in [-0.15, -0.1) is 0 Å². The third kappa shape index (κ3) is 3.02. The maximum atomic E-state index is 13.0. The zero-order chi connectivity index (χ0) is 16.6. The van der Waals surface area contributed by atoms with Crippen LogP contribution < -0.4 is 10.8 Å². The van der Waals surface area contributed by atoms with Crippen LogP contribution in [-0.4, -0.2) is 18.5 Å². The number of fused-ring (bicyclic) bond motifs is 1. The first-order chi connectivity index (χ1) is 10.9. The van der Waals surface area contributed by atoms with E-state index >= 15 is 0 Å². The molecule has 23 heavy (non-hydrogen) atoms. The number of aromatic hydroxyl groups is 1. The average molecular weight is 320 g/mol. The lowest BCUT2D eigenvalue weighted by Gasteiger charge is -2.14. The number of alkyl halides is 3. The Hall–Kier alpha value is -2.48. The third-order valence-electron chi connectivity index (χ3n) is 3.43. The van der Waals surface area contributed by atoms with E-state index in [1.807, 2.05) is 0 Å². The summed E-state index contributed by atoms with van der Waals surface area (Å²) >= 11 is 0. The molecule has 0 aromatic heterocycles. The SMILES string of the molecule is O=C(Nc1cc2c(cc1O)CO[B]2)c1ccccc1C(F)(F)F. The van der Waals surface area contributed by atoms with E-state index in [2.05, 4.69) is 5.32 Å². The maximum Gasteiger partial charge on any atom is 0.417 e. The van der Waals surface area contributed by atoms with Crippen molar-refractivity contribution in [2.24, 2.45) is 0 Å². The number of rotatable bonds is 2. The second-order valence-electron chi connectivity index (χ2n) is 4.99. The molecule has 0 spiro atoms. The number of phenols is 1. The van der Waals surface area contributed by atoms with E-state index in [9.17, 15) is 23.1 Å². The maximum absolute atomic E-state index is 13.0. The van der Waals surface area contributed by atoms with Crippen molar-refractivity contribution in [3.8, 4) is 5.75 Å². The van der Waals surface area contributed by atoms with Crippen LogP contribution in [0.25, 0.3) is 0 Å². The smallest absolute Gasteiger partial charge is 0.417 e. The van der Waals surface area contributed by atoms with Crippen molar-refractivity contribution in [3.63, 3.8) is 0 Å². The first kappa shape index (κ1) is 15.4. The summed E-state index contributed by atoms with van der Waals surface area (Å²) in [6.07, 6.45) is -4.64. The molecule has 0 saturated heterocycles. The van der Waals surface area contributed by atoms with Crippen molar-refractivity contribution < 1.29 is 27.7 Å². The fourth-order valence-electron chi connectivity index (χ4n) is 2.32. The number of anilines is 1. The van der Waals surface area contributed by atoms with Gasteiger partial charge >= 0.3 is 13.7 Å². The standard InChI is InChI=1S/C15H10BF3NO3/c17-15(18,19)10-4-2-1-3-9(10)14(22)20-12-6-11-8(5-13(12)21)7-23-16-11/h1-6,21H,7H2,(H,20,22). The molecule has 117 valence electrons. The minimum Gasteiger partial charge on any atom is -0.506 e. The van der Waals surface area contributed by atoms with Gasteiger partial charge in [0.25, 0.3) is 5.91 Å². The highest BCUT2D eigenvalue weighted by Crippen LogP contribution is 2.33. The molecular weight excluding hydrogens is 310 g/mol. The van der Waals surface area contributed by atoms with E-state index in [-0.39, 0.29) is 11.4 Å². The second-order valence-corrected chi connectivity index (χ2v) is 4.99. The molecule has 4 nitrogen and oxygen atoms in total. The number of nitrogens with one attached hydrogen (secondary N) is 1. The molecule has 1 aliphatic heterocycles. The zero-order valence-electron chi connectivity index (χ0n) is 11.6. The van der Waals surface area contributed by atoms with Crippen molar-refractivity contribution in [2.75, 3.05) is 5.32 Å². The van der Waals surface area contributed by atoms with E-state index in [0.29, 0.717) is 12.1 Å². The second kappa shape index (κ2) is 5.62. The Bertz CT molecular complexity index is 777. The van der Waals surface area contributed by atoms with Crippen molar-refractivity contribution in [3.05, 3.63) is 53.1 Å². The summed E-state index contributed by atoms with van der Waals surface area (Å²) in [7, 11) is 1.45. The van der Waals surface area contributed by atoms with Gasteiger partial charge in [-0.1, -0.05) is 12.1 Å². The number of carbonyl (C=O) groups excluding carboxylic acids is 1. The summed E-state index contributed by atoms with van der Waals surface area (Å²) < 4.78 is 43.9. The molecular formula is C15H10BF3NO3. The molecule has 2 aromatic rings. The van der Waals surface area contributed by atoms with Crippen LogP contribution in [0.2, 0.25) is 0 Å². The van der Waals surface area contributed by atoms with Gasteiger partial charge in [0.05, 0.1) is 23.4 Å². The van der Waals surface area contributed by atoms with Gasteiger partial charge in [0.2, 0.25) is 0 Å². The third-order valence-corrected chi connectivity index (χ3v) is 3.43. The number of halogens is 3. The average Bonchev–Trinajstić information content (AvgIpc) is 2.93. The summed E-state index contributed by atoms with van der Waals surface area (Å²) in [6, 6.07) is 7.32. The molecule has 0 atom stereocenters. The molecule has 1 amide bonds. The van der Waals surface area contributed by atoms with Crippen LogP contribution in [-0.2, 0) is 17.4 Å². The van der Waals surface area contributed by atoms with E-state index in [4.69, 9.17) is 4.65 Å². The Labute approximate surface area is 130 Å². The van der Waals surface area contributed by atoms with Gasteiger partial charge in [-0.05, 0) is 35.3 Å². The predicted molar refractivity (Wildman–Crippen MR) is 77.7 cm³/mol. The number of hydrogen-bond acceptors (Lipinski definition) is 3. The number of amides is 1. The Morgan fingerprint density at radius 2 is 2.00 bits per heavy atom.